The maximum absolute atomic E-state index is 13.4. The average Bonchev–Trinajstić information content (AvgIpc) is 3.26. The molecule has 35 heavy (non-hydrogen) atoms. The summed E-state index contributed by atoms with van der Waals surface area (Å²) in [6, 6.07) is 4.76. The van der Waals surface area contributed by atoms with Gasteiger partial charge in [0.25, 0.3) is 0 Å². The van der Waals surface area contributed by atoms with E-state index in [1.54, 1.807) is 63.2 Å². The predicted octanol–water partition coefficient (Wildman–Crippen LogP) is 2.21. The van der Waals surface area contributed by atoms with Crippen LogP contribution in [0.25, 0.3) is 11.5 Å². The Bertz CT molecular complexity index is 1210. The molecule has 0 aliphatic rings. The molecule has 3 aromatic heterocycles. The lowest BCUT2D eigenvalue weighted by molar-refractivity contribution is 0.0908. The molecule has 3 rings (SSSR count). The molecule has 0 amide bonds. The lowest BCUT2D eigenvalue weighted by Crippen LogP contribution is -2.32. The van der Waals surface area contributed by atoms with Crippen LogP contribution in [0.15, 0.2) is 30.6 Å². The van der Waals surface area contributed by atoms with Gasteiger partial charge in [-0.15, -0.1) is 10.2 Å². The molecule has 0 aliphatic heterocycles. The van der Waals surface area contributed by atoms with E-state index >= 15 is 0 Å². The Hall–Kier alpha value is -3.16. The molecule has 0 fully saturated rings. The number of hydrogen-bond donors (Lipinski definition) is 1. The van der Waals surface area contributed by atoms with Crippen molar-refractivity contribution in [3.63, 3.8) is 0 Å². The number of hydrogen-bond acceptors (Lipinski definition) is 10. The molecule has 0 radical (unpaired) electrons. The quantitative estimate of drug-likeness (QED) is 0.389. The predicted molar refractivity (Wildman–Crippen MR) is 130 cm³/mol. The molecule has 190 valence electrons. The molecule has 0 unspecified atom stereocenters. The fraction of sp³-hybridized carbons (Fsp3) is 0.500. The normalized spacial score (nSPS) is 13.6. The first kappa shape index (κ1) is 26.4. The van der Waals surface area contributed by atoms with Gasteiger partial charge in [-0.3, -0.25) is 19.3 Å². The van der Waals surface area contributed by atoms with Gasteiger partial charge in [-0.05, 0) is 19.9 Å². The van der Waals surface area contributed by atoms with Crippen molar-refractivity contribution in [1.29, 1.82) is 0 Å². The van der Waals surface area contributed by atoms with E-state index in [0.29, 0.717) is 23.1 Å². The van der Waals surface area contributed by atoms with Crippen molar-refractivity contribution in [3.05, 3.63) is 42.0 Å². The van der Waals surface area contributed by atoms with Crippen molar-refractivity contribution in [1.82, 2.24) is 29.7 Å². The monoisotopic (exact) mass is 505 g/mol. The van der Waals surface area contributed by atoms with Gasteiger partial charge < -0.3 is 14.2 Å². The number of nitrogens with one attached hydrogen (secondary N) is 1. The zero-order valence-electron chi connectivity index (χ0n) is 20.7. The summed E-state index contributed by atoms with van der Waals surface area (Å²) in [6.45, 7) is 5.67. The number of aryl methyl sites for hydroxylation is 1. The Morgan fingerprint density at radius 3 is 2.34 bits per heavy atom. The largest absolute Gasteiger partial charge is 0.481 e. The van der Waals surface area contributed by atoms with Crippen LogP contribution in [0.1, 0.15) is 37.2 Å². The van der Waals surface area contributed by atoms with Crippen molar-refractivity contribution < 1.29 is 22.6 Å². The standard InChI is InChI=1S/C22H31N7O5S/c1-14-10-24-19(11-23-14)15(2)16(3)35(30,31)28-22-27-26-21(18-8-7-9-20(25-18)34-6)29(22)17(12-32-4)13-33-5/h7-11,15-17H,12-13H2,1-6H3,(H,27,28)/t15-,16-/m0/s1. The van der Waals surface area contributed by atoms with Crippen molar-refractivity contribution in [2.75, 3.05) is 39.3 Å². The van der Waals surface area contributed by atoms with E-state index in [4.69, 9.17) is 14.2 Å². The van der Waals surface area contributed by atoms with E-state index in [1.165, 1.54) is 7.11 Å². The Kier molecular flexibility index (Phi) is 8.70. The van der Waals surface area contributed by atoms with Crippen LogP contribution in [-0.2, 0) is 19.5 Å². The molecule has 2 atom stereocenters. The number of anilines is 1. The number of sulfonamides is 1. The zero-order chi connectivity index (χ0) is 25.6. The third-order valence-electron chi connectivity index (χ3n) is 5.64. The van der Waals surface area contributed by atoms with Crippen LogP contribution >= 0.6 is 0 Å². The fourth-order valence-electron chi connectivity index (χ4n) is 3.48. The van der Waals surface area contributed by atoms with E-state index in [9.17, 15) is 8.42 Å². The second kappa shape index (κ2) is 11.5. The molecule has 0 aliphatic carbocycles. The molecule has 13 heteroatoms. The Balaban J connectivity index is 2.01. The molecular weight excluding hydrogens is 474 g/mol. The summed E-state index contributed by atoms with van der Waals surface area (Å²) in [5.41, 5.74) is 1.78. The van der Waals surface area contributed by atoms with Crippen LogP contribution in [0.5, 0.6) is 5.88 Å². The third kappa shape index (κ3) is 6.10. The summed E-state index contributed by atoms with van der Waals surface area (Å²) >= 11 is 0. The summed E-state index contributed by atoms with van der Waals surface area (Å²) in [7, 11) is 0.700. The average molecular weight is 506 g/mol. The van der Waals surface area contributed by atoms with Crippen LogP contribution in [0.2, 0.25) is 0 Å². The molecule has 3 aromatic rings. The van der Waals surface area contributed by atoms with Crippen LogP contribution < -0.4 is 9.46 Å². The number of pyridine rings is 1. The van der Waals surface area contributed by atoms with Gasteiger partial charge in [0.2, 0.25) is 21.9 Å². The van der Waals surface area contributed by atoms with Crippen LogP contribution in [-0.4, -0.2) is 77.9 Å². The summed E-state index contributed by atoms with van der Waals surface area (Å²) in [5, 5.41) is 7.54. The van der Waals surface area contributed by atoms with Crippen molar-refractivity contribution in [2.45, 2.75) is 38.0 Å². The molecule has 0 saturated heterocycles. The highest BCUT2D eigenvalue weighted by Gasteiger charge is 2.32. The number of ether oxygens (including phenoxy) is 3. The minimum Gasteiger partial charge on any atom is -0.481 e. The van der Waals surface area contributed by atoms with Gasteiger partial charge in [-0.25, -0.2) is 13.4 Å². The first-order valence-corrected chi connectivity index (χ1v) is 12.5. The number of nitrogens with zero attached hydrogens (tertiary/aromatic N) is 6. The first-order chi connectivity index (χ1) is 16.7. The summed E-state index contributed by atoms with van der Waals surface area (Å²) in [6.07, 6.45) is 3.21. The second-order valence-corrected chi connectivity index (χ2v) is 10.1. The zero-order valence-corrected chi connectivity index (χ0v) is 21.5. The summed E-state index contributed by atoms with van der Waals surface area (Å²) in [5.74, 6) is 0.324. The Labute approximate surface area is 205 Å². The summed E-state index contributed by atoms with van der Waals surface area (Å²) in [4.78, 5) is 13.0. The Morgan fingerprint density at radius 2 is 1.74 bits per heavy atom. The van der Waals surface area contributed by atoms with Gasteiger partial charge in [0.05, 0.1) is 43.0 Å². The van der Waals surface area contributed by atoms with Gasteiger partial charge in [0.15, 0.2) is 5.82 Å². The molecule has 0 saturated carbocycles. The topological polar surface area (TPSA) is 143 Å². The molecule has 1 N–H and O–H groups in total. The number of methoxy groups -OCH3 is 3. The lowest BCUT2D eigenvalue weighted by atomic mass is 10.1. The molecule has 0 bridgehead atoms. The third-order valence-corrected chi connectivity index (χ3v) is 7.49. The van der Waals surface area contributed by atoms with E-state index in [0.717, 1.165) is 5.69 Å². The van der Waals surface area contributed by atoms with Crippen molar-refractivity contribution in [2.24, 2.45) is 0 Å². The van der Waals surface area contributed by atoms with E-state index < -0.39 is 27.2 Å². The summed E-state index contributed by atoms with van der Waals surface area (Å²) < 4.78 is 46.9. The van der Waals surface area contributed by atoms with E-state index in [2.05, 4.69) is 29.9 Å². The highest BCUT2D eigenvalue weighted by molar-refractivity contribution is 7.93. The highest BCUT2D eigenvalue weighted by atomic mass is 32.2. The molecule has 0 aromatic carbocycles. The van der Waals surface area contributed by atoms with Gasteiger partial charge >= 0.3 is 0 Å². The van der Waals surface area contributed by atoms with Gasteiger partial charge in [-0.1, -0.05) is 13.0 Å². The van der Waals surface area contributed by atoms with Crippen molar-refractivity contribution >= 4 is 16.0 Å². The smallest absolute Gasteiger partial charge is 0.239 e. The minimum absolute atomic E-state index is 0.0257. The van der Waals surface area contributed by atoms with Gasteiger partial charge in [0, 0.05) is 38.6 Å². The van der Waals surface area contributed by atoms with E-state index in [1.807, 2.05) is 6.92 Å². The first-order valence-electron chi connectivity index (χ1n) is 11.0. The lowest BCUT2D eigenvalue weighted by Gasteiger charge is -2.23. The second-order valence-electron chi connectivity index (χ2n) is 8.07. The maximum atomic E-state index is 13.4. The fourth-order valence-corrected chi connectivity index (χ4v) is 4.74. The van der Waals surface area contributed by atoms with Gasteiger partial charge in [0.1, 0.15) is 5.69 Å². The van der Waals surface area contributed by atoms with Crippen molar-refractivity contribution in [3.8, 4) is 17.4 Å². The minimum atomic E-state index is -3.91. The SMILES string of the molecule is COCC(COC)n1c(NS(=O)(=O)[C@@H](C)[C@H](C)c2cnc(C)cn2)nnc1-c1cccc(OC)n1. The number of aromatic nitrogens is 6. The maximum Gasteiger partial charge on any atom is 0.239 e. The number of rotatable bonds is 12. The Morgan fingerprint density at radius 1 is 1.03 bits per heavy atom. The van der Waals surface area contributed by atoms with Crippen LogP contribution in [0.3, 0.4) is 0 Å². The molecular formula is C22H31N7O5S. The highest BCUT2D eigenvalue weighted by Crippen LogP contribution is 2.29. The van der Waals surface area contributed by atoms with E-state index in [-0.39, 0.29) is 19.2 Å². The molecule has 3 heterocycles. The van der Waals surface area contributed by atoms with Crippen LogP contribution in [0, 0.1) is 6.92 Å². The molecule has 0 spiro atoms. The van der Waals surface area contributed by atoms with Gasteiger partial charge in [-0.2, -0.15) is 0 Å². The molecule has 12 nitrogen and oxygen atoms in total. The van der Waals surface area contributed by atoms with Crippen LogP contribution in [0.4, 0.5) is 5.95 Å².